The van der Waals surface area contributed by atoms with Crippen molar-refractivity contribution in [2.75, 3.05) is 69.2 Å². The van der Waals surface area contributed by atoms with E-state index in [9.17, 15) is 8.42 Å². The summed E-state index contributed by atoms with van der Waals surface area (Å²) in [7, 11) is -1.25. The summed E-state index contributed by atoms with van der Waals surface area (Å²) in [6.45, 7) is 7.92. The Kier molecular flexibility index (Phi) is 6.66. The van der Waals surface area contributed by atoms with E-state index in [2.05, 4.69) is 26.7 Å². The van der Waals surface area contributed by atoms with E-state index >= 15 is 0 Å². The second-order valence-corrected chi connectivity index (χ2v) is 10.6. The van der Waals surface area contributed by atoms with Crippen LogP contribution in [0, 0.1) is 6.92 Å². The number of rotatable bonds is 5. The average Bonchev–Trinajstić information content (AvgIpc) is 2.75. The summed E-state index contributed by atoms with van der Waals surface area (Å²) < 4.78 is 27.3. The number of anilines is 2. The highest BCUT2D eigenvalue weighted by molar-refractivity contribution is 7.88. The van der Waals surface area contributed by atoms with Crippen molar-refractivity contribution in [3.05, 3.63) is 46.6 Å². The maximum atomic E-state index is 12.9. The molecule has 4 rings (SSSR count). The molecule has 2 aromatic rings. The molecule has 2 fully saturated rings. The highest BCUT2D eigenvalue weighted by Crippen LogP contribution is 2.21. The molecule has 0 unspecified atom stereocenters. The first-order chi connectivity index (χ1) is 14.8. The second-order valence-electron chi connectivity index (χ2n) is 8.23. The van der Waals surface area contributed by atoms with Gasteiger partial charge in [-0.2, -0.15) is 9.29 Å². The summed E-state index contributed by atoms with van der Waals surface area (Å²) in [5.41, 5.74) is 1.67. The number of benzene rings is 1. The molecular formula is C21H29ClN6O2S. The fourth-order valence-electron chi connectivity index (χ4n) is 3.92. The maximum Gasteiger partial charge on any atom is 0.227 e. The number of aromatic nitrogens is 2. The summed E-state index contributed by atoms with van der Waals surface area (Å²) in [6.07, 6.45) is 0. The molecule has 2 aliphatic heterocycles. The predicted molar refractivity (Wildman–Crippen MR) is 124 cm³/mol. The third-order valence-corrected chi connectivity index (χ3v) is 7.94. The maximum absolute atomic E-state index is 12.9. The van der Waals surface area contributed by atoms with E-state index in [1.54, 1.807) is 28.6 Å². The lowest BCUT2D eigenvalue weighted by molar-refractivity contribution is 0.312. The third-order valence-electron chi connectivity index (χ3n) is 5.83. The summed E-state index contributed by atoms with van der Waals surface area (Å²) in [5.74, 6) is 1.62. The van der Waals surface area contributed by atoms with Crippen LogP contribution in [0.2, 0.25) is 5.02 Å². The minimum atomic E-state index is -3.38. The first-order valence-electron chi connectivity index (χ1n) is 10.6. The van der Waals surface area contributed by atoms with Gasteiger partial charge in [0.15, 0.2) is 0 Å². The van der Waals surface area contributed by atoms with E-state index in [1.807, 2.05) is 13.0 Å². The number of aryl methyl sites for hydroxylation is 1. The number of piperazine rings is 2. The SMILES string of the molecule is Cc1cc(N2CCN(C)CC2)nc(N2CCN(S(=O)(=O)Cc3ccc(Cl)cc3)CC2)n1. The van der Waals surface area contributed by atoms with Crippen LogP contribution in [0.1, 0.15) is 11.3 Å². The zero-order chi connectivity index (χ0) is 22.0. The van der Waals surface area contributed by atoms with Crippen LogP contribution >= 0.6 is 11.6 Å². The van der Waals surface area contributed by atoms with E-state index in [0.29, 0.717) is 37.1 Å². The lowest BCUT2D eigenvalue weighted by atomic mass is 10.2. The first kappa shape index (κ1) is 22.3. The lowest BCUT2D eigenvalue weighted by Crippen LogP contribution is -2.49. The van der Waals surface area contributed by atoms with Gasteiger partial charge in [0.2, 0.25) is 16.0 Å². The van der Waals surface area contributed by atoms with Crippen molar-refractivity contribution >= 4 is 33.4 Å². The normalized spacial score (nSPS) is 19.1. The number of halogens is 1. The van der Waals surface area contributed by atoms with Crippen molar-refractivity contribution in [1.82, 2.24) is 19.2 Å². The Hall–Kier alpha value is -1.94. The molecule has 0 bridgehead atoms. The Morgan fingerprint density at radius 1 is 0.903 bits per heavy atom. The van der Waals surface area contributed by atoms with Gasteiger partial charge < -0.3 is 14.7 Å². The largest absolute Gasteiger partial charge is 0.354 e. The van der Waals surface area contributed by atoms with Crippen LogP contribution in [-0.4, -0.2) is 87.0 Å². The van der Waals surface area contributed by atoms with Crippen molar-refractivity contribution in [3.8, 4) is 0 Å². The van der Waals surface area contributed by atoms with E-state index in [4.69, 9.17) is 16.6 Å². The Morgan fingerprint density at radius 3 is 2.16 bits per heavy atom. The molecule has 8 nitrogen and oxygen atoms in total. The molecule has 0 aliphatic carbocycles. The van der Waals surface area contributed by atoms with Crippen LogP contribution in [0.5, 0.6) is 0 Å². The van der Waals surface area contributed by atoms with E-state index in [0.717, 1.165) is 43.3 Å². The summed E-state index contributed by atoms with van der Waals surface area (Å²) >= 11 is 5.90. The van der Waals surface area contributed by atoms with Crippen LogP contribution in [0.15, 0.2) is 30.3 Å². The Balaban J connectivity index is 1.41. The molecule has 168 valence electrons. The molecule has 0 radical (unpaired) electrons. The molecular weight excluding hydrogens is 436 g/mol. The summed E-state index contributed by atoms with van der Waals surface area (Å²) in [4.78, 5) is 16.1. The molecule has 1 aromatic carbocycles. The average molecular weight is 465 g/mol. The summed E-state index contributed by atoms with van der Waals surface area (Å²) in [6, 6.07) is 8.99. The molecule has 0 saturated carbocycles. The second kappa shape index (κ2) is 9.28. The smallest absolute Gasteiger partial charge is 0.227 e. The Bertz CT molecular complexity index is 1000. The van der Waals surface area contributed by atoms with Gasteiger partial charge in [-0.05, 0) is 31.7 Å². The molecule has 0 N–H and O–H groups in total. The van der Waals surface area contributed by atoms with E-state index in [-0.39, 0.29) is 5.75 Å². The molecule has 10 heteroatoms. The van der Waals surface area contributed by atoms with Crippen molar-refractivity contribution in [3.63, 3.8) is 0 Å². The predicted octanol–water partition coefficient (Wildman–Crippen LogP) is 1.84. The molecule has 31 heavy (non-hydrogen) atoms. The number of hydrogen-bond acceptors (Lipinski definition) is 7. The summed E-state index contributed by atoms with van der Waals surface area (Å²) in [5, 5.41) is 0.601. The highest BCUT2D eigenvalue weighted by atomic mass is 35.5. The van der Waals surface area contributed by atoms with Crippen LogP contribution in [0.3, 0.4) is 0 Å². The number of likely N-dealkylation sites (N-methyl/N-ethyl adjacent to an activating group) is 1. The van der Waals surface area contributed by atoms with Crippen molar-refractivity contribution < 1.29 is 8.42 Å². The van der Waals surface area contributed by atoms with Crippen LogP contribution in [-0.2, 0) is 15.8 Å². The van der Waals surface area contributed by atoms with E-state index in [1.165, 1.54) is 0 Å². The fourth-order valence-corrected chi connectivity index (χ4v) is 5.57. The molecule has 2 aliphatic rings. The zero-order valence-corrected chi connectivity index (χ0v) is 19.6. The monoisotopic (exact) mass is 464 g/mol. The van der Waals surface area contributed by atoms with Gasteiger partial charge in [0.1, 0.15) is 5.82 Å². The first-order valence-corrected chi connectivity index (χ1v) is 12.6. The van der Waals surface area contributed by atoms with Gasteiger partial charge in [0.25, 0.3) is 0 Å². The van der Waals surface area contributed by atoms with E-state index < -0.39 is 10.0 Å². The van der Waals surface area contributed by atoms with Gasteiger partial charge >= 0.3 is 0 Å². The van der Waals surface area contributed by atoms with Gasteiger partial charge in [-0.1, -0.05) is 23.7 Å². The minimum absolute atomic E-state index is 0.0152. The molecule has 0 amide bonds. The van der Waals surface area contributed by atoms with Crippen molar-refractivity contribution in [2.24, 2.45) is 0 Å². The van der Waals surface area contributed by atoms with Gasteiger partial charge in [0, 0.05) is 69.1 Å². The minimum Gasteiger partial charge on any atom is -0.354 e. The topological polar surface area (TPSA) is 72.9 Å². The molecule has 0 spiro atoms. The highest BCUT2D eigenvalue weighted by Gasteiger charge is 2.28. The van der Waals surface area contributed by atoms with Crippen LogP contribution in [0.4, 0.5) is 11.8 Å². The molecule has 0 atom stereocenters. The Morgan fingerprint density at radius 2 is 1.52 bits per heavy atom. The molecule has 2 saturated heterocycles. The lowest BCUT2D eigenvalue weighted by Gasteiger charge is -2.36. The third kappa shape index (κ3) is 5.46. The molecule has 1 aromatic heterocycles. The molecule has 3 heterocycles. The quantitative estimate of drug-likeness (QED) is 0.668. The van der Waals surface area contributed by atoms with Gasteiger partial charge in [-0.15, -0.1) is 0 Å². The number of sulfonamides is 1. The van der Waals surface area contributed by atoms with Crippen LogP contribution < -0.4 is 9.80 Å². The van der Waals surface area contributed by atoms with Gasteiger partial charge in [0.05, 0.1) is 5.75 Å². The zero-order valence-electron chi connectivity index (χ0n) is 18.0. The van der Waals surface area contributed by atoms with Crippen molar-refractivity contribution in [1.29, 1.82) is 0 Å². The number of nitrogens with zero attached hydrogens (tertiary/aromatic N) is 6. The standard InChI is InChI=1S/C21H29ClN6O2S/c1-17-15-20(26-9-7-25(2)8-10-26)24-21(23-17)27-11-13-28(14-12-27)31(29,30)16-18-3-5-19(22)6-4-18/h3-6,15H,7-14,16H2,1-2H3. The van der Waals surface area contributed by atoms with Crippen molar-refractivity contribution in [2.45, 2.75) is 12.7 Å². The van der Waals surface area contributed by atoms with Crippen LogP contribution in [0.25, 0.3) is 0 Å². The Labute approximate surface area is 189 Å². The number of hydrogen-bond donors (Lipinski definition) is 0. The fraction of sp³-hybridized carbons (Fsp3) is 0.524. The van der Waals surface area contributed by atoms with Gasteiger partial charge in [-0.25, -0.2) is 13.4 Å². The van der Waals surface area contributed by atoms with Gasteiger partial charge in [-0.3, -0.25) is 0 Å².